The van der Waals surface area contributed by atoms with Gasteiger partial charge >= 0.3 is 5.91 Å². The zero-order valence-electron chi connectivity index (χ0n) is 26.6. The van der Waals surface area contributed by atoms with E-state index in [0.29, 0.717) is 19.3 Å². The summed E-state index contributed by atoms with van der Waals surface area (Å²) in [6.07, 6.45) is 13.5. The normalized spacial score (nSPS) is 25.7. The Labute approximate surface area is 270 Å². The zero-order valence-corrected chi connectivity index (χ0v) is 28.2. The first-order valence-electron chi connectivity index (χ1n) is 16.3. The van der Waals surface area contributed by atoms with E-state index in [1.54, 1.807) is 0 Å². The van der Waals surface area contributed by atoms with Gasteiger partial charge in [-0.1, -0.05) is 35.8 Å². The van der Waals surface area contributed by atoms with Crippen molar-refractivity contribution in [2.75, 3.05) is 6.54 Å². The van der Waals surface area contributed by atoms with Crippen LogP contribution in [0.2, 0.25) is 0 Å². The average molecular weight is 663 g/mol. The molecule has 9 rings (SSSR count). The van der Waals surface area contributed by atoms with E-state index in [9.17, 15) is 9.59 Å². The molecule has 1 N–H and O–H groups in total. The third kappa shape index (κ3) is 2.75. The molecule has 226 valence electrons. The molecule has 2 aromatic rings. The van der Waals surface area contributed by atoms with Crippen molar-refractivity contribution in [2.24, 2.45) is 11.8 Å². The number of hydrogen-bond donors (Lipinski definition) is 1. The van der Waals surface area contributed by atoms with Gasteiger partial charge in [0, 0.05) is 24.5 Å². The second kappa shape index (κ2) is 8.64. The number of ketones is 1. The van der Waals surface area contributed by atoms with E-state index >= 15 is 0 Å². The van der Waals surface area contributed by atoms with Gasteiger partial charge in [-0.2, -0.15) is 9.13 Å². The van der Waals surface area contributed by atoms with Crippen LogP contribution >= 0.6 is 15.9 Å². The highest BCUT2D eigenvalue weighted by molar-refractivity contribution is 9.15. The minimum atomic E-state index is -0.784. The maximum Gasteiger partial charge on any atom is 0.553 e. The fourth-order valence-corrected chi connectivity index (χ4v) is 11.0. The van der Waals surface area contributed by atoms with Crippen LogP contribution in [0.5, 0.6) is 0 Å². The van der Waals surface area contributed by atoms with E-state index < -0.39 is 5.91 Å². The van der Waals surface area contributed by atoms with Gasteiger partial charge in [-0.15, -0.1) is 6.42 Å². The third-order valence-electron chi connectivity index (χ3n) is 11.7. The number of nitrogens with one attached hydrogen (secondary N) is 1. The van der Waals surface area contributed by atoms with Crippen molar-refractivity contribution in [1.82, 2.24) is 14.5 Å². The molecule has 0 bridgehead atoms. The summed E-state index contributed by atoms with van der Waals surface area (Å²) in [5, 5.41) is 5.34. The second-order valence-electron chi connectivity index (χ2n) is 13.5. The summed E-state index contributed by atoms with van der Waals surface area (Å²) in [6, 6.07) is 0. The van der Waals surface area contributed by atoms with Crippen LogP contribution in [0.3, 0.4) is 0 Å². The minimum absolute atomic E-state index is 0.0305. The molecule has 45 heavy (non-hydrogen) atoms. The first-order chi connectivity index (χ1) is 21.6. The largest absolute Gasteiger partial charge is 0.553 e. The fourth-order valence-electron chi connectivity index (χ4n) is 9.96. The maximum atomic E-state index is 14.0. The number of carbonyl (C=O) groups excluding carboxylic acids is 2. The average Bonchev–Trinajstić information content (AvgIpc) is 3.76. The van der Waals surface area contributed by atoms with Crippen LogP contribution in [-0.2, 0) is 28.3 Å². The lowest BCUT2D eigenvalue weighted by Crippen LogP contribution is -2.70. The molecule has 3 unspecified atom stereocenters. The van der Waals surface area contributed by atoms with Crippen molar-refractivity contribution in [3.63, 3.8) is 0 Å². The van der Waals surface area contributed by atoms with Gasteiger partial charge in [0.05, 0.1) is 46.0 Å². The fraction of sp³-hybridized carbons (Fsp3) is 0.405. The minimum Gasteiger partial charge on any atom is -0.345 e. The molecule has 0 saturated heterocycles. The van der Waals surface area contributed by atoms with Crippen molar-refractivity contribution in [2.45, 2.75) is 79.6 Å². The summed E-state index contributed by atoms with van der Waals surface area (Å²) < 4.78 is 11.4. The van der Waals surface area contributed by atoms with Crippen LogP contribution in [0.15, 0.2) is 28.1 Å². The number of hydrogen-bond acceptors (Lipinski definition) is 2. The number of halogens is 1. The molecule has 1 amide bonds. The number of carbonyl (C=O) groups is 2. The highest BCUT2D eigenvalue weighted by atomic mass is 79.9. The third-order valence-corrected chi connectivity index (χ3v) is 12.5. The van der Waals surface area contributed by atoms with E-state index in [0.717, 1.165) is 45.5 Å². The van der Waals surface area contributed by atoms with Gasteiger partial charge in [-0.05, 0) is 84.3 Å². The summed E-state index contributed by atoms with van der Waals surface area (Å²) >= 11 is 4.19. The predicted octanol–water partition coefficient (Wildman–Crippen LogP) is 3.43. The Hall–Kier alpha value is -3.96. The number of Topliss-reactive ketones (excluding diaryl/α,β-unsaturated/α-hetero) is 1. The maximum absolute atomic E-state index is 14.0. The Balaban J connectivity index is 1.47. The lowest BCUT2D eigenvalue weighted by molar-refractivity contribution is -0.839. The van der Waals surface area contributed by atoms with E-state index in [4.69, 9.17) is 6.42 Å². The van der Waals surface area contributed by atoms with Crippen LogP contribution in [0.25, 0.3) is 16.6 Å². The van der Waals surface area contributed by atoms with Gasteiger partial charge in [0.1, 0.15) is 10.1 Å². The molecule has 3 atom stereocenters. The molecule has 0 aromatic carbocycles. The molecule has 1 spiro atoms. The van der Waals surface area contributed by atoms with Crippen LogP contribution in [0, 0.1) is 38.0 Å². The first kappa shape index (κ1) is 27.4. The molecule has 1 aliphatic carbocycles. The quantitative estimate of drug-likeness (QED) is 0.381. The molecule has 0 saturated carbocycles. The first-order valence-corrected chi connectivity index (χ1v) is 17.1. The van der Waals surface area contributed by atoms with Crippen molar-refractivity contribution in [1.29, 1.82) is 0 Å². The monoisotopic (exact) mass is 661 g/mol. The van der Waals surface area contributed by atoms with Gasteiger partial charge < -0.3 is 5.32 Å². The summed E-state index contributed by atoms with van der Waals surface area (Å²) in [5.41, 5.74) is 15.5. The van der Waals surface area contributed by atoms with Crippen molar-refractivity contribution < 1.29 is 18.7 Å². The highest BCUT2D eigenvalue weighted by Crippen LogP contribution is 2.58. The topological polar surface area (TPSA) is 62.0 Å². The van der Waals surface area contributed by atoms with E-state index in [1.807, 2.05) is 0 Å². The van der Waals surface area contributed by atoms with Gasteiger partial charge in [-0.3, -0.25) is 9.59 Å². The smallest absolute Gasteiger partial charge is 0.345 e. The molecule has 6 aliphatic heterocycles. The van der Waals surface area contributed by atoms with Crippen molar-refractivity contribution >= 4 is 55.7 Å². The molecule has 7 nitrogen and oxygen atoms in total. The molecule has 7 aliphatic rings. The molecular weight excluding hydrogens is 626 g/mol. The van der Waals surface area contributed by atoms with Crippen LogP contribution in [0.1, 0.15) is 80.6 Å². The van der Waals surface area contributed by atoms with Crippen LogP contribution in [-0.4, -0.2) is 47.9 Å². The number of aromatic nitrogens is 2. The lowest BCUT2D eigenvalue weighted by Gasteiger charge is -2.39. The SMILES string of the molecule is C#CCNC(=O)CCC1C2=[N+]3C(=C(Br)c4c(C)c(CC)c5n4C34n3c(c(C)c(CC)c3=CC3=[N+]4C4=C2CC(=O)C4=C3C)=C5)C1C. The molecule has 8 heterocycles. The molecule has 8 heteroatoms. The Kier molecular flexibility index (Phi) is 5.25. The summed E-state index contributed by atoms with van der Waals surface area (Å²) in [6.45, 7) is 13.7. The Morgan fingerprint density at radius 3 is 2.58 bits per heavy atom. The molecule has 0 fully saturated rings. The number of allylic oxidation sites excluding steroid dienone is 4. The van der Waals surface area contributed by atoms with Crippen molar-refractivity contribution in [3.05, 3.63) is 72.5 Å². The van der Waals surface area contributed by atoms with Gasteiger partial charge in [0.25, 0.3) is 0 Å². The van der Waals surface area contributed by atoms with Crippen LogP contribution in [0.4, 0.5) is 0 Å². The van der Waals surface area contributed by atoms with E-state index in [2.05, 4.69) is 99.1 Å². The summed E-state index contributed by atoms with van der Waals surface area (Å²) in [5.74, 6) is 2.08. The zero-order chi connectivity index (χ0) is 31.4. The second-order valence-corrected chi connectivity index (χ2v) is 14.3. The lowest BCUT2D eigenvalue weighted by atomic mass is 9.83. The van der Waals surface area contributed by atoms with Gasteiger partial charge in [-0.25, -0.2) is 0 Å². The van der Waals surface area contributed by atoms with Gasteiger partial charge in [0.2, 0.25) is 28.7 Å². The summed E-state index contributed by atoms with van der Waals surface area (Å²) in [4.78, 5) is 26.9. The Bertz CT molecular complexity index is 2270. The van der Waals surface area contributed by atoms with E-state index in [1.165, 1.54) is 55.7 Å². The highest BCUT2D eigenvalue weighted by Gasteiger charge is 2.77. The Morgan fingerprint density at radius 1 is 1.11 bits per heavy atom. The van der Waals surface area contributed by atoms with Crippen LogP contribution < -0.4 is 16.0 Å². The number of amides is 1. The number of fused-ring (bicyclic) bond motifs is 1. The number of nitrogens with zero attached hydrogens (tertiary/aromatic N) is 4. The summed E-state index contributed by atoms with van der Waals surface area (Å²) in [7, 11) is 0. The molecule has 0 radical (unpaired) electrons. The molecular formula is C37H36BrN5O2+2. The predicted molar refractivity (Wildman–Crippen MR) is 177 cm³/mol. The van der Waals surface area contributed by atoms with Crippen molar-refractivity contribution in [3.8, 4) is 12.3 Å². The standard InChI is InChI=1S/C37H35BrN5O2/c1-8-13-39-30(45)12-11-23-19(6)34-32(38)33-18(5)22(10-3)28-15-25-17(4)21(9-2)27-16-26-20(7)31-29(44)14-24-35(23)43(34)37(40(25)27,42(28)33)41(26)36(24)31/h1,15-16,19,23H,9-14H2,2-7H3/q+1/p+1. The van der Waals surface area contributed by atoms with E-state index in [-0.39, 0.29) is 30.1 Å². The Morgan fingerprint density at radius 2 is 1.87 bits per heavy atom. The number of rotatable bonds is 6. The van der Waals surface area contributed by atoms with Gasteiger partial charge in [0.15, 0.2) is 5.78 Å². The number of terminal acetylenes is 1. The molecule has 2 aromatic heterocycles.